The molecule has 3 unspecified atom stereocenters. The molecule has 1 aromatic heterocycles. The van der Waals surface area contributed by atoms with E-state index in [1.807, 2.05) is 37.8 Å². The molecule has 0 saturated carbocycles. The molecule has 0 N–H and O–H groups in total. The molecule has 0 spiro atoms. The van der Waals surface area contributed by atoms with Gasteiger partial charge in [0, 0.05) is 23.7 Å². The van der Waals surface area contributed by atoms with Gasteiger partial charge < -0.3 is 9.64 Å². The second kappa shape index (κ2) is 7.49. The van der Waals surface area contributed by atoms with Crippen molar-refractivity contribution in [3.63, 3.8) is 0 Å². The van der Waals surface area contributed by atoms with Gasteiger partial charge in [-0.3, -0.25) is 4.79 Å². The Kier molecular flexibility index (Phi) is 5.34. The van der Waals surface area contributed by atoms with E-state index >= 15 is 0 Å². The molecule has 2 aromatic rings. The number of nitrogens with zero attached hydrogens (tertiary/aromatic N) is 5. The number of halogens is 1. The first-order valence-electron chi connectivity index (χ1n) is 8.47. The van der Waals surface area contributed by atoms with Crippen LogP contribution in [-0.4, -0.2) is 56.3 Å². The molecule has 1 aromatic carbocycles. The second-order valence-electron chi connectivity index (χ2n) is 6.36. The fraction of sp³-hybridized carbons (Fsp3) is 0.529. The van der Waals surface area contributed by atoms with Crippen molar-refractivity contribution in [2.24, 2.45) is 0 Å². The molecule has 1 saturated heterocycles. The number of benzene rings is 1. The first kappa shape index (κ1) is 17.8. The van der Waals surface area contributed by atoms with Crippen LogP contribution in [0.2, 0.25) is 5.02 Å². The summed E-state index contributed by atoms with van der Waals surface area (Å²) in [6.45, 7) is 7.06. The minimum absolute atomic E-state index is 0.00422. The third-order valence-electron chi connectivity index (χ3n) is 4.21. The lowest BCUT2D eigenvalue weighted by molar-refractivity contribution is -0.147. The van der Waals surface area contributed by atoms with Crippen LogP contribution in [0.25, 0.3) is 11.4 Å². The molecule has 1 amide bonds. The molecule has 2 heterocycles. The van der Waals surface area contributed by atoms with Crippen LogP contribution in [0.5, 0.6) is 0 Å². The van der Waals surface area contributed by atoms with Gasteiger partial charge in [-0.1, -0.05) is 18.5 Å². The van der Waals surface area contributed by atoms with Crippen LogP contribution >= 0.6 is 11.6 Å². The Morgan fingerprint density at radius 2 is 1.92 bits per heavy atom. The van der Waals surface area contributed by atoms with Crippen LogP contribution in [0.3, 0.4) is 0 Å². The lowest BCUT2D eigenvalue weighted by atomic mass is 10.1. The highest BCUT2D eigenvalue weighted by Crippen LogP contribution is 2.21. The van der Waals surface area contributed by atoms with Gasteiger partial charge in [-0.25, -0.2) is 0 Å². The average Bonchev–Trinajstić information content (AvgIpc) is 3.05. The maximum Gasteiger partial charge on any atom is 0.249 e. The Labute approximate surface area is 151 Å². The molecule has 1 aliphatic rings. The zero-order valence-corrected chi connectivity index (χ0v) is 15.3. The summed E-state index contributed by atoms with van der Waals surface area (Å²) in [7, 11) is 0. The molecule has 8 heteroatoms. The summed E-state index contributed by atoms with van der Waals surface area (Å²) in [6, 6.07) is 6.74. The number of carbonyl (C=O) groups excluding carboxylic acids is 1. The minimum atomic E-state index is -0.467. The molecule has 1 aliphatic heterocycles. The van der Waals surface area contributed by atoms with Crippen molar-refractivity contribution >= 4 is 17.5 Å². The topological polar surface area (TPSA) is 73.1 Å². The molecule has 0 radical (unpaired) electrons. The van der Waals surface area contributed by atoms with E-state index < -0.39 is 6.04 Å². The van der Waals surface area contributed by atoms with Gasteiger partial charge in [-0.2, -0.15) is 4.80 Å². The predicted molar refractivity (Wildman–Crippen MR) is 94.2 cm³/mol. The highest BCUT2D eigenvalue weighted by atomic mass is 35.5. The Hall–Kier alpha value is -1.99. The molecule has 1 fully saturated rings. The minimum Gasteiger partial charge on any atom is -0.372 e. The number of amides is 1. The largest absolute Gasteiger partial charge is 0.372 e. The monoisotopic (exact) mass is 363 g/mol. The van der Waals surface area contributed by atoms with E-state index in [0.29, 0.717) is 30.4 Å². The van der Waals surface area contributed by atoms with Gasteiger partial charge in [0.15, 0.2) is 6.04 Å². The highest BCUT2D eigenvalue weighted by Gasteiger charge is 2.32. The van der Waals surface area contributed by atoms with Gasteiger partial charge in [0.1, 0.15) is 0 Å². The molecule has 0 aliphatic carbocycles. The Balaban J connectivity index is 1.79. The van der Waals surface area contributed by atoms with E-state index in [0.717, 1.165) is 5.56 Å². The third kappa shape index (κ3) is 3.99. The average molecular weight is 364 g/mol. The SMILES string of the molecule is CCC(C(=O)N1CC(C)OC(C)C1)n1nnc(-c2ccc(Cl)cc2)n1. The molecule has 7 nitrogen and oxygen atoms in total. The van der Waals surface area contributed by atoms with Gasteiger partial charge in [-0.15, -0.1) is 10.2 Å². The van der Waals surface area contributed by atoms with Gasteiger partial charge in [0.2, 0.25) is 11.7 Å². The van der Waals surface area contributed by atoms with Crippen LogP contribution in [0.1, 0.15) is 33.2 Å². The first-order chi connectivity index (χ1) is 12.0. The van der Waals surface area contributed by atoms with Crippen molar-refractivity contribution in [3.05, 3.63) is 29.3 Å². The van der Waals surface area contributed by atoms with E-state index in [1.54, 1.807) is 12.1 Å². The molecule has 0 bridgehead atoms. The van der Waals surface area contributed by atoms with Gasteiger partial charge in [0.05, 0.1) is 12.2 Å². The van der Waals surface area contributed by atoms with Crippen LogP contribution in [0, 0.1) is 0 Å². The van der Waals surface area contributed by atoms with Crippen molar-refractivity contribution < 1.29 is 9.53 Å². The van der Waals surface area contributed by atoms with E-state index in [-0.39, 0.29) is 18.1 Å². The zero-order chi connectivity index (χ0) is 18.0. The van der Waals surface area contributed by atoms with E-state index in [4.69, 9.17) is 16.3 Å². The maximum absolute atomic E-state index is 12.9. The normalized spacial score (nSPS) is 22.0. The number of rotatable bonds is 4. The fourth-order valence-corrected chi connectivity index (χ4v) is 3.20. The molecule has 25 heavy (non-hydrogen) atoms. The zero-order valence-electron chi connectivity index (χ0n) is 14.6. The fourth-order valence-electron chi connectivity index (χ4n) is 3.08. The smallest absolute Gasteiger partial charge is 0.249 e. The van der Waals surface area contributed by atoms with Crippen molar-refractivity contribution in [3.8, 4) is 11.4 Å². The summed E-state index contributed by atoms with van der Waals surface area (Å²) in [5.74, 6) is 0.483. The van der Waals surface area contributed by atoms with Crippen molar-refractivity contribution in [1.29, 1.82) is 0 Å². The number of carbonyl (C=O) groups is 1. The van der Waals surface area contributed by atoms with Gasteiger partial charge in [-0.05, 0) is 49.7 Å². The van der Waals surface area contributed by atoms with E-state index in [9.17, 15) is 4.79 Å². The summed E-state index contributed by atoms with van der Waals surface area (Å²) in [6.07, 6.45) is 0.645. The van der Waals surface area contributed by atoms with E-state index in [1.165, 1.54) is 4.80 Å². The quantitative estimate of drug-likeness (QED) is 0.834. The number of aromatic nitrogens is 4. The van der Waals surface area contributed by atoms with Crippen molar-refractivity contribution in [1.82, 2.24) is 25.1 Å². The summed E-state index contributed by atoms with van der Waals surface area (Å²) >= 11 is 5.91. The number of ether oxygens (including phenoxy) is 1. The molecular formula is C17H22ClN5O2. The summed E-state index contributed by atoms with van der Waals surface area (Å²) in [4.78, 5) is 16.2. The number of hydrogen-bond donors (Lipinski definition) is 0. The summed E-state index contributed by atoms with van der Waals surface area (Å²) in [5, 5.41) is 13.2. The maximum atomic E-state index is 12.9. The standard InChI is InChI=1S/C17H22ClN5O2/c1-4-15(17(24)22-9-11(2)25-12(3)10-22)23-20-16(19-21-23)13-5-7-14(18)8-6-13/h5-8,11-12,15H,4,9-10H2,1-3H3. The number of morpholine rings is 1. The first-order valence-corrected chi connectivity index (χ1v) is 8.85. The Morgan fingerprint density at radius 3 is 2.52 bits per heavy atom. The lowest BCUT2D eigenvalue weighted by Gasteiger charge is -2.36. The van der Waals surface area contributed by atoms with Gasteiger partial charge in [0.25, 0.3) is 0 Å². The van der Waals surface area contributed by atoms with Crippen LogP contribution in [0.4, 0.5) is 0 Å². The summed E-state index contributed by atoms with van der Waals surface area (Å²) in [5.41, 5.74) is 0.812. The third-order valence-corrected chi connectivity index (χ3v) is 4.46. The molecule has 3 atom stereocenters. The van der Waals surface area contributed by atoms with Gasteiger partial charge >= 0.3 is 0 Å². The van der Waals surface area contributed by atoms with Crippen molar-refractivity contribution in [2.75, 3.05) is 13.1 Å². The Bertz CT molecular complexity index is 723. The van der Waals surface area contributed by atoms with E-state index in [2.05, 4.69) is 15.4 Å². The van der Waals surface area contributed by atoms with Crippen LogP contribution in [0.15, 0.2) is 24.3 Å². The Morgan fingerprint density at radius 1 is 1.28 bits per heavy atom. The second-order valence-corrected chi connectivity index (χ2v) is 6.80. The molecule has 134 valence electrons. The number of tetrazole rings is 1. The van der Waals surface area contributed by atoms with Crippen LogP contribution < -0.4 is 0 Å². The van der Waals surface area contributed by atoms with Crippen LogP contribution in [-0.2, 0) is 9.53 Å². The summed E-state index contributed by atoms with van der Waals surface area (Å²) < 4.78 is 5.70. The lowest BCUT2D eigenvalue weighted by Crippen LogP contribution is -2.50. The predicted octanol–water partition coefficient (Wildman–Crippen LogP) is 2.58. The molecule has 3 rings (SSSR count). The number of hydrogen-bond acceptors (Lipinski definition) is 5. The highest BCUT2D eigenvalue weighted by molar-refractivity contribution is 6.30. The molecular weight excluding hydrogens is 342 g/mol. The van der Waals surface area contributed by atoms with Crippen molar-refractivity contribution in [2.45, 2.75) is 45.4 Å².